The predicted octanol–water partition coefficient (Wildman–Crippen LogP) is 1.81. The number of hydrogen-bond acceptors (Lipinski definition) is 3. The first-order chi connectivity index (χ1) is 7.36. The van der Waals surface area contributed by atoms with Crippen molar-refractivity contribution in [2.24, 2.45) is 5.92 Å². The van der Waals surface area contributed by atoms with Gasteiger partial charge in [0, 0.05) is 43.7 Å². The molecule has 1 saturated heterocycles. The zero-order valence-electron chi connectivity index (χ0n) is 9.87. The lowest BCUT2D eigenvalue weighted by Gasteiger charge is -2.27. The van der Waals surface area contributed by atoms with Gasteiger partial charge in [0.1, 0.15) is 0 Å². The molecule has 0 spiro atoms. The van der Waals surface area contributed by atoms with Crippen LogP contribution >= 0.6 is 11.8 Å². The monoisotopic (exact) mass is 228 g/mol. The van der Waals surface area contributed by atoms with Crippen molar-refractivity contribution in [3.05, 3.63) is 0 Å². The zero-order chi connectivity index (χ0) is 10.5. The molecule has 2 fully saturated rings. The van der Waals surface area contributed by atoms with Gasteiger partial charge in [-0.2, -0.15) is 11.8 Å². The molecule has 1 saturated carbocycles. The van der Waals surface area contributed by atoms with Crippen LogP contribution in [0.1, 0.15) is 26.2 Å². The molecule has 1 aliphatic carbocycles. The summed E-state index contributed by atoms with van der Waals surface area (Å²) in [6, 6.07) is 0.809. The molecular weight excluding hydrogens is 204 g/mol. The third kappa shape index (κ3) is 3.65. The molecule has 0 radical (unpaired) electrons. The normalized spacial score (nSPS) is 33.4. The van der Waals surface area contributed by atoms with Crippen molar-refractivity contribution in [1.29, 1.82) is 0 Å². The molecule has 1 aliphatic heterocycles. The Labute approximate surface area is 98.2 Å². The molecule has 2 nitrogen and oxygen atoms in total. The third-order valence-corrected chi connectivity index (χ3v) is 4.74. The van der Waals surface area contributed by atoms with Gasteiger partial charge in [0.05, 0.1) is 0 Å². The Balaban J connectivity index is 1.57. The number of thioether (sulfide) groups is 1. The van der Waals surface area contributed by atoms with Crippen molar-refractivity contribution in [1.82, 2.24) is 10.2 Å². The molecule has 2 atom stereocenters. The standard InChI is InChI=1S/C12H24N2S/c1-11-3-2-4-12(11)13-5-6-14-7-9-15-10-8-14/h11-13H,2-10H2,1H3. The molecule has 0 aromatic heterocycles. The summed E-state index contributed by atoms with van der Waals surface area (Å²) in [4.78, 5) is 2.60. The fourth-order valence-electron chi connectivity index (χ4n) is 2.68. The maximum atomic E-state index is 3.73. The van der Waals surface area contributed by atoms with Gasteiger partial charge < -0.3 is 10.2 Å². The van der Waals surface area contributed by atoms with Crippen molar-refractivity contribution in [3.63, 3.8) is 0 Å². The van der Waals surface area contributed by atoms with Crippen LogP contribution in [0, 0.1) is 5.92 Å². The van der Waals surface area contributed by atoms with E-state index in [4.69, 9.17) is 0 Å². The van der Waals surface area contributed by atoms with Crippen LogP contribution in [0.3, 0.4) is 0 Å². The quantitative estimate of drug-likeness (QED) is 0.790. The van der Waals surface area contributed by atoms with E-state index in [0.717, 1.165) is 12.0 Å². The highest BCUT2D eigenvalue weighted by atomic mass is 32.2. The third-order valence-electron chi connectivity index (χ3n) is 3.80. The summed E-state index contributed by atoms with van der Waals surface area (Å²) in [6.07, 6.45) is 4.26. The summed E-state index contributed by atoms with van der Waals surface area (Å²) in [5, 5.41) is 3.73. The molecule has 2 aliphatic rings. The molecule has 0 aromatic rings. The van der Waals surface area contributed by atoms with Crippen molar-refractivity contribution in [2.45, 2.75) is 32.2 Å². The van der Waals surface area contributed by atoms with E-state index in [9.17, 15) is 0 Å². The average Bonchev–Trinajstić information content (AvgIpc) is 2.66. The van der Waals surface area contributed by atoms with Gasteiger partial charge in [0.15, 0.2) is 0 Å². The lowest BCUT2D eigenvalue weighted by Crippen LogP contribution is -2.41. The van der Waals surface area contributed by atoms with E-state index in [-0.39, 0.29) is 0 Å². The minimum atomic E-state index is 0.809. The molecule has 88 valence electrons. The van der Waals surface area contributed by atoms with E-state index in [1.54, 1.807) is 0 Å². The highest BCUT2D eigenvalue weighted by molar-refractivity contribution is 7.99. The molecule has 1 N–H and O–H groups in total. The Kier molecular flexibility index (Phi) is 4.79. The molecule has 0 aromatic carbocycles. The van der Waals surface area contributed by atoms with Gasteiger partial charge in [0.25, 0.3) is 0 Å². The maximum absolute atomic E-state index is 3.73. The SMILES string of the molecule is CC1CCCC1NCCN1CCSCC1. The van der Waals surface area contributed by atoms with Crippen molar-refractivity contribution < 1.29 is 0 Å². The van der Waals surface area contributed by atoms with Crippen LogP contribution in [0.25, 0.3) is 0 Å². The van der Waals surface area contributed by atoms with E-state index >= 15 is 0 Å². The van der Waals surface area contributed by atoms with Gasteiger partial charge in [-0.1, -0.05) is 13.3 Å². The average molecular weight is 228 g/mol. The summed E-state index contributed by atoms with van der Waals surface area (Å²) < 4.78 is 0. The van der Waals surface area contributed by atoms with Crippen LogP contribution in [0.4, 0.5) is 0 Å². The number of nitrogens with one attached hydrogen (secondary N) is 1. The minimum Gasteiger partial charge on any atom is -0.312 e. The summed E-state index contributed by atoms with van der Waals surface area (Å²) >= 11 is 2.10. The second kappa shape index (κ2) is 6.12. The molecule has 3 heteroatoms. The topological polar surface area (TPSA) is 15.3 Å². The molecule has 2 unspecified atom stereocenters. The number of nitrogens with zero attached hydrogens (tertiary/aromatic N) is 1. The Bertz CT molecular complexity index is 180. The largest absolute Gasteiger partial charge is 0.312 e. The van der Waals surface area contributed by atoms with Crippen molar-refractivity contribution >= 4 is 11.8 Å². The maximum Gasteiger partial charge on any atom is 0.0108 e. The molecular formula is C12H24N2S. The van der Waals surface area contributed by atoms with Crippen molar-refractivity contribution in [3.8, 4) is 0 Å². The first kappa shape index (κ1) is 11.7. The summed E-state index contributed by atoms with van der Waals surface area (Å²) in [5.74, 6) is 3.57. The summed E-state index contributed by atoms with van der Waals surface area (Å²) in [5.41, 5.74) is 0. The van der Waals surface area contributed by atoms with Crippen LogP contribution in [0.2, 0.25) is 0 Å². The predicted molar refractivity (Wildman–Crippen MR) is 68.6 cm³/mol. The molecule has 2 rings (SSSR count). The van der Waals surface area contributed by atoms with Crippen LogP contribution < -0.4 is 5.32 Å². The molecule has 0 amide bonds. The minimum absolute atomic E-state index is 0.809. The Morgan fingerprint density at radius 1 is 1.27 bits per heavy atom. The molecule has 1 heterocycles. The van der Waals surface area contributed by atoms with E-state index < -0.39 is 0 Å². The van der Waals surface area contributed by atoms with Crippen LogP contribution in [0.5, 0.6) is 0 Å². The van der Waals surface area contributed by atoms with Gasteiger partial charge in [-0.25, -0.2) is 0 Å². The van der Waals surface area contributed by atoms with Crippen molar-refractivity contribution in [2.75, 3.05) is 37.7 Å². The van der Waals surface area contributed by atoms with Gasteiger partial charge in [0.2, 0.25) is 0 Å². The van der Waals surface area contributed by atoms with Crippen LogP contribution in [-0.2, 0) is 0 Å². The second-order valence-corrected chi connectivity index (χ2v) is 6.15. The number of hydrogen-bond donors (Lipinski definition) is 1. The lowest BCUT2D eigenvalue weighted by molar-refractivity contribution is 0.289. The zero-order valence-corrected chi connectivity index (χ0v) is 10.7. The highest BCUT2D eigenvalue weighted by Crippen LogP contribution is 2.24. The Hall–Kier alpha value is 0.270. The molecule has 0 bridgehead atoms. The van der Waals surface area contributed by atoms with Gasteiger partial charge >= 0.3 is 0 Å². The fraction of sp³-hybridized carbons (Fsp3) is 1.00. The highest BCUT2D eigenvalue weighted by Gasteiger charge is 2.22. The van der Waals surface area contributed by atoms with Gasteiger partial charge in [-0.3, -0.25) is 0 Å². The second-order valence-electron chi connectivity index (χ2n) is 4.92. The van der Waals surface area contributed by atoms with E-state index in [1.807, 2.05) is 0 Å². The summed E-state index contributed by atoms with van der Waals surface area (Å²) in [7, 11) is 0. The molecule has 15 heavy (non-hydrogen) atoms. The first-order valence-electron chi connectivity index (χ1n) is 6.40. The van der Waals surface area contributed by atoms with Gasteiger partial charge in [-0.05, 0) is 18.8 Å². The Morgan fingerprint density at radius 2 is 2.07 bits per heavy atom. The lowest BCUT2D eigenvalue weighted by atomic mass is 10.1. The smallest absolute Gasteiger partial charge is 0.0108 e. The van der Waals surface area contributed by atoms with E-state index in [2.05, 4.69) is 28.9 Å². The van der Waals surface area contributed by atoms with E-state index in [0.29, 0.717) is 0 Å². The number of rotatable bonds is 4. The van der Waals surface area contributed by atoms with Gasteiger partial charge in [-0.15, -0.1) is 0 Å². The fourth-order valence-corrected chi connectivity index (χ4v) is 3.66. The van der Waals surface area contributed by atoms with Crippen LogP contribution in [0.15, 0.2) is 0 Å². The Morgan fingerprint density at radius 3 is 2.73 bits per heavy atom. The first-order valence-corrected chi connectivity index (χ1v) is 7.55. The van der Waals surface area contributed by atoms with E-state index in [1.165, 1.54) is 56.9 Å². The summed E-state index contributed by atoms with van der Waals surface area (Å²) in [6.45, 7) is 7.44. The van der Waals surface area contributed by atoms with Crippen LogP contribution in [-0.4, -0.2) is 48.6 Å².